The molecule has 0 bridgehead atoms. The number of benzene rings is 2. The van der Waals surface area contributed by atoms with Gasteiger partial charge in [-0.2, -0.15) is 0 Å². The van der Waals surface area contributed by atoms with Crippen molar-refractivity contribution in [3.8, 4) is 0 Å². The molecule has 0 saturated heterocycles. The number of carbonyl (C=O) groups excluding carboxylic acids is 1. The van der Waals surface area contributed by atoms with Crippen molar-refractivity contribution < 1.29 is 4.79 Å². The topological polar surface area (TPSA) is 66.9 Å². The molecule has 0 aliphatic carbocycles. The lowest BCUT2D eigenvalue weighted by molar-refractivity contribution is 0.102. The molecule has 0 unspecified atom stereocenters. The lowest BCUT2D eigenvalue weighted by atomic mass is 10.1. The first-order valence-corrected chi connectivity index (χ1v) is 8.54. The van der Waals surface area contributed by atoms with Crippen LogP contribution in [0.4, 0.5) is 17.3 Å². The maximum Gasteiger partial charge on any atom is 0.258 e. The Morgan fingerprint density at radius 3 is 2.36 bits per heavy atom. The van der Waals surface area contributed by atoms with Gasteiger partial charge in [0.1, 0.15) is 0 Å². The van der Waals surface area contributed by atoms with Crippen molar-refractivity contribution in [1.29, 1.82) is 0 Å². The first-order valence-electron chi connectivity index (χ1n) is 7.74. The van der Waals surface area contributed by atoms with Crippen LogP contribution in [0.3, 0.4) is 0 Å². The van der Waals surface area contributed by atoms with E-state index in [1.54, 1.807) is 0 Å². The summed E-state index contributed by atoms with van der Waals surface area (Å²) in [6.07, 6.45) is 3.02. The van der Waals surface area contributed by atoms with Gasteiger partial charge in [0.15, 0.2) is 0 Å². The summed E-state index contributed by atoms with van der Waals surface area (Å²) in [6, 6.07) is 13.5. The second-order valence-electron chi connectivity index (χ2n) is 5.70. The van der Waals surface area contributed by atoms with Gasteiger partial charge in [0.2, 0.25) is 5.95 Å². The molecule has 2 aromatic carbocycles. The minimum absolute atomic E-state index is 0.249. The first-order chi connectivity index (χ1) is 12.0. The molecular weight excluding hydrogens is 380 g/mol. The fourth-order valence-corrected chi connectivity index (χ4v) is 2.50. The third kappa shape index (κ3) is 4.42. The number of aromatic nitrogens is 2. The Hall–Kier alpha value is -2.73. The Bertz CT molecular complexity index is 892. The molecular formula is C19H17BrN4O. The van der Waals surface area contributed by atoms with Crippen molar-refractivity contribution in [1.82, 2.24) is 9.97 Å². The number of anilines is 3. The Morgan fingerprint density at radius 1 is 1.00 bits per heavy atom. The zero-order valence-electron chi connectivity index (χ0n) is 13.9. The van der Waals surface area contributed by atoms with Crippen LogP contribution in [-0.2, 0) is 0 Å². The molecule has 0 fully saturated rings. The molecule has 0 aliphatic heterocycles. The van der Waals surface area contributed by atoms with Gasteiger partial charge in [-0.05, 0) is 55.3 Å². The number of rotatable bonds is 4. The van der Waals surface area contributed by atoms with Crippen LogP contribution in [-0.4, -0.2) is 15.9 Å². The highest BCUT2D eigenvalue weighted by molar-refractivity contribution is 9.10. The zero-order chi connectivity index (χ0) is 17.8. The summed E-state index contributed by atoms with van der Waals surface area (Å²) >= 11 is 3.36. The Labute approximate surface area is 154 Å². The third-order valence-electron chi connectivity index (χ3n) is 3.66. The Morgan fingerprint density at radius 2 is 1.68 bits per heavy atom. The van der Waals surface area contributed by atoms with Gasteiger partial charge in [-0.3, -0.25) is 4.79 Å². The van der Waals surface area contributed by atoms with Crippen molar-refractivity contribution in [2.45, 2.75) is 13.8 Å². The van der Waals surface area contributed by atoms with Gasteiger partial charge < -0.3 is 10.6 Å². The van der Waals surface area contributed by atoms with Gasteiger partial charge >= 0.3 is 0 Å². The summed E-state index contributed by atoms with van der Waals surface area (Å²) in [7, 11) is 0. The van der Waals surface area contributed by atoms with E-state index in [0.717, 1.165) is 21.3 Å². The van der Waals surface area contributed by atoms with E-state index in [1.165, 1.54) is 12.4 Å². The monoisotopic (exact) mass is 396 g/mol. The average molecular weight is 397 g/mol. The normalized spacial score (nSPS) is 10.4. The SMILES string of the molecule is Cc1ccc(C)c(Nc2ncc(C(=O)Nc3ccc(Br)cc3)cn2)c1. The van der Waals surface area contributed by atoms with Crippen LogP contribution in [0, 0.1) is 13.8 Å². The number of aryl methyl sites for hydroxylation is 2. The molecule has 1 heterocycles. The average Bonchev–Trinajstić information content (AvgIpc) is 2.61. The summed E-state index contributed by atoms with van der Waals surface area (Å²) in [6.45, 7) is 4.04. The number of nitrogens with zero attached hydrogens (tertiary/aromatic N) is 2. The number of hydrogen-bond donors (Lipinski definition) is 2. The quantitative estimate of drug-likeness (QED) is 0.661. The van der Waals surface area contributed by atoms with Gasteiger partial charge in [-0.15, -0.1) is 0 Å². The molecule has 6 heteroatoms. The second-order valence-corrected chi connectivity index (χ2v) is 6.62. The first kappa shape index (κ1) is 17.1. The van der Waals surface area contributed by atoms with E-state index in [1.807, 2.05) is 50.2 Å². The molecule has 1 amide bonds. The molecule has 3 aromatic rings. The minimum atomic E-state index is -0.249. The molecule has 126 valence electrons. The van der Waals surface area contributed by atoms with Gasteiger partial charge in [-0.1, -0.05) is 28.1 Å². The van der Waals surface area contributed by atoms with Crippen LogP contribution in [0.25, 0.3) is 0 Å². The summed E-state index contributed by atoms with van der Waals surface area (Å²) in [4.78, 5) is 20.7. The van der Waals surface area contributed by atoms with E-state index in [2.05, 4.69) is 42.6 Å². The van der Waals surface area contributed by atoms with Crippen molar-refractivity contribution in [2.24, 2.45) is 0 Å². The molecule has 0 atom stereocenters. The van der Waals surface area contributed by atoms with Crippen molar-refractivity contribution >= 4 is 39.2 Å². The predicted octanol–water partition coefficient (Wildman–Crippen LogP) is 4.85. The lowest BCUT2D eigenvalue weighted by Gasteiger charge is -2.09. The van der Waals surface area contributed by atoms with Crippen LogP contribution in [0.2, 0.25) is 0 Å². The number of halogens is 1. The lowest BCUT2D eigenvalue weighted by Crippen LogP contribution is -2.13. The molecule has 25 heavy (non-hydrogen) atoms. The van der Waals surface area contributed by atoms with E-state index in [4.69, 9.17) is 0 Å². The van der Waals surface area contributed by atoms with Crippen LogP contribution in [0.15, 0.2) is 59.3 Å². The van der Waals surface area contributed by atoms with Gasteiger partial charge in [0.05, 0.1) is 5.56 Å². The number of hydrogen-bond acceptors (Lipinski definition) is 4. The maximum atomic E-state index is 12.2. The van der Waals surface area contributed by atoms with E-state index in [-0.39, 0.29) is 5.91 Å². The third-order valence-corrected chi connectivity index (χ3v) is 4.18. The van der Waals surface area contributed by atoms with Gasteiger partial charge in [-0.25, -0.2) is 9.97 Å². The zero-order valence-corrected chi connectivity index (χ0v) is 15.5. The van der Waals surface area contributed by atoms with E-state index in [9.17, 15) is 4.79 Å². The molecule has 0 saturated carbocycles. The fourth-order valence-electron chi connectivity index (χ4n) is 2.24. The Kier molecular flexibility index (Phi) is 5.09. The highest BCUT2D eigenvalue weighted by Gasteiger charge is 2.08. The number of nitrogens with one attached hydrogen (secondary N) is 2. The molecule has 5 nitrogen and oxygen atoms in total. The Balaban J connectivity index is 1.70. The van der Waals surface area contributed by atoms with E-state index in [0.29, 0.717) is 17.2 Å². The molecule has 0 spiro atoms. The van der Waals surface area contributed by atoms with Gasteiger partial charge in [0.25, 0.3) is 5.91 Å². The molecule has 1 aromatic heterocycles. The van der Waals surface area contributed by atoms with E-state index < -0.39 is 0 Å². The van der Waals surface area contributed by atoms with Crippen molar-refractivity contribution in [2.75, 3.05) is 10.6 Å². The van der Waals surface area contributed by atoms with Crippen LogP contribution < -0.4 is 10.6 Å². The van der Waals surface area contributed by atoms with Crippen LogP contribution >= 0.6 is 15.9 Å². The summed E-state index contributed by atoms with van der Waals surface area (Å²) in [5.41, 5.74) is 4.32. The minimum Gasteiger partial charge on any atom is -0.324 e. The summed E-state index contributed by atoms with van der Waals surface area (Å²) in [5, 5.41) is 5.99. The highest BCUT2D eigenvalue weighted by Crippen LogP contribution is 2.20. The van der Waals surface area contributed by atoms with Gasteiger partial charge in [0, 0.05) is 28.2 Å². The standard InChI is InChI=1S/C19H17BrN4O/c1-12-3-4-13(2)17(9-12)24-19-21-10-14(11-22-19)18(25)23-16-7-5-15(20)6-8-16/h3-11H,1-2H3,(H,23,25)(H,21,22,24). The largest absolute Gasteiger partial charge is 0.324 e. The van der Waals surface area contributed by atoms with Crippen LogP contribution in [0.5, 0.6) is 0 Å². The fraction of sp³-hybridized carbons (Fsp3) is 0.105. The predicted molar refractivity (Wildman–Crippen MR) is 103 cm³/mol. The van der Waals surface area contributed by atoms with Crippen molar-refractivity contribution in [3.05, 3.63) is 76.0 Å². The molecule has 0 radical (unpaired) electrons. The summed E-state index contributed by atoms with van der Waals surface area (Å²) in [5.74, 6) is 0.203. The second kappa shape index (κ2) is 7.44. The summed E-state index contributed by atoms with van der Waals surface area (Å²) < 4.78 is 0.954. The highest BCUT2D eigenvalue weighted by atomic mass is 79.9. The smallest absolute Gasteiger partial charge is 0.258 e. The molecule has 2 N–H and O–H groups in total. The maximum absolute atomic E-state index is 12.2. The number of amides is 1. The number of carbonyl (C=O) groups is 1. The van der Waals surface area contributed by atoms with Crippen LogP contribution in [0.1, 0.15) is 21.5 Å². The molecule has 3 rings (SSSR count). The van der Waals surface area contributed by atoms with E-state index >= 15 is 0 Å². The molecule has 0 aliphatic rings. The van der Waals surface area contributed by atoms with Crippen molar-refractivity contribution in [3.63, 3.8) is 0 Å².